The lowest BCUT2D eigenvalue weighted by Crippen LogP contribution is -2.50. The minimum Gasteiger partial charge on any atom is -0.350 e. The Hall–Kier alpha value is -2.12. The molecule has 0 spiro atoms. The van der Waals surface area contributed by atoms with Gasteiger partial charge >= 0.3 is 0 Å². The van der Waals surface area contributed by atoms with Crippen molar-refractivity contribution in [3.05, 3.63) is 59.4 Å². The number of carbonyl (C=O) groups is 1. The zero-order valence-electron chi connectivity index (χ0n) is 17.9. The summed E-state index contributed by atoms with van der Waals surface area (Å²) in [5.74, 6) is -1.14. The molecule has 0 saturated heterocycles. The molecular weight excluding hydrogens is 427 g/mol. The van der Waals surface area contributed by atoms with Crippen LogP contribution in [0.2, 0.25) is 5.02 Å². The van der Waals surface area contributed by atoms with Crippen LogP contribution in [0.5, 0.6) is 0 Å². The summed E-state index contributed by atoms with van der Waals surface area (Å²) in [6, 6.07) is 11.3. The molecule has 0 bridgehead atoms. The van der Waals surface area contributed by atoms with Crippen molar-refractivity contribution < 1.29 is 17.6 Å². The molecule has 0 radical (unpaired) electrons. The summed E-state index contributed by atoms with van der Waals surface area (Å²) in [6.45, 7) is 9.50. The van der Waals surface area contributed by atoms with Crippen LogP contribution in [0.1, 0.15) is 41.0 Å². The standard InChI is InChI=1S/C22H28ClFN2O3S/c1-21(2,3)15-22(4,5)25-20(27)14-26(16-11-12-19(24)18(23)13-16)30(28,29)17-9-7-6-8-10-17/h6-13H,14-15H2,1-5H3,(H,25,27). The third-order valence-electron chi connectivity index (χ3n) is 4.26. The summed E-state index contributed by atoms with van der Waals surface area (Å²) >= 11 is 5.87. The summed E-state index contributed by atoms with van der Waals surface area (Å²) in [5.41, 5.74) is -0.469. The molecule has 5 nitrogen and oxygen atoms in total. The van der Waals surface area contributed by atoms with Gasteiger partial charge < -0.3 is 5.32 Å². The quantitative estimate of drug-likeness (QED) is 0.639. The van der Waals surface area contributed by atoms with E-state index in [2.05, 4.69) is 26.1 Å². The first kappa shape index (κ1) is 24.2. The van der Waals surface area contributed by atoms with Gasteiger partial charge in [-0.15, -0.1) is 0 Å². The number of hydrogen-bond donors (Lipinski definition) is 1. The molecule has 0 saturated carbocycles. The number of benzene rings is 2. The number of hydrogen-bond acceptors (Lipinski definition) is 3. The van der Waals surface area contributed by atoms with Crippen LogP contribution in [0.4, 0.5) is 10.1 Å². The smallest absolute Gasteiger partial charge is 0.264 e. The van der Waals surface area contributed by atoms with Gasteiger partial charge in [-0.05, 0) is 56.0 Å². The van der Waals surface area contributed by atoms with Crippen LogP contribution in [0.15, 0.2) is 53.4 Å². The monoisotopic (exact) mass is 454 g/mol. The van der Waals surface area contributed by atoms with Gasteiger partial charge in [0.1, 0.15) is 12.4 Å². The number of anilines is 1. The van der Waals surface area contributed by atoms with Gasteiger partial charge in [-0.1, -0.05) is 50.6 Å². The second-order valence-corrected chi connectivity index (χ2v) is 11.4. The van der Waals surface area contributed by atoms with Crippen molar-refractivity contribution >= 4 is 33.2 Å². The Morgan fingerprint density at radius 3 is 2.20 bits per heavy atom. The van der Waals surface area contributed by atoms with Crippen molar-refractivity contribution in [1.82, 2.24) is 5.32 Å². The fraction of sp³-hybridized carbons (Fsp3) is 0.409. The number of carbonyl (C=O) groups excluding carboxylic acids is 1. The van der Waals surface area contributed by atoms with Gasteiger partial charge in [-0.25, -0.2) is 12.8 Å². The predicted octanol–water partition coefficient (Wildman–Crippen LogP) is 5.01. The van der Waals surface area contributed by atoms with Crippen LogP contribution in [0.3, 0.4) is 0 Å². The van der Waals surface area contributed by atoms with Crippen LogP contribution in [-0.4, -0.2) is 26.4 Å². The van der Waals surface area contributed by atoms with Crippen molar-refractivity contribution in [1.29, 1.82) is 0 Å². The van der Waals surface area contributed by atoms with E-state index in [0.717, 1.165) is 10.4 Å². The molecule has 0 fully saturated rings. The molecule has 0 aromatic heterocycles. The molecule has 0 unspecified atom stereocenters. The zero-order chi connectivity index (χ0) is 22.7. The first-order chi connectivity index (χ1) is 13.7. The predicted molar refractivity (Wildman–Crippen MR) is 119 cm³/mol. The average Bonchev–Trinajstić information content (AvgIpc) is 2.60. The molecule has 1 N–H and O–H groups in total. The molecule has 0 atom stereocenters. The highest BCUT2D eigenvalue weighted by molar-refractivity contribution is 7.92. The summed E-state index contributed by atoms with van der Waals surface area (Å²) in [5, 5.41) is 2.68. The lowest BCUT2D eigenvalue weighted by Gasteiger charge is -2.34. The minimum absolute atomic E-state index is 0.0206. The van der Waals surface area contributed by atoms with Gasteiger partial charge in [-0.2, -0.15) is 0 Å². The normalized spacial score (nSPS) is 12.5. The molecule has 30 heavy (non-hydrogen) atoms. The maximum Gasteiger partial charge on any atom is 0.264 e. The molecule has 8 heteroatoms. The Balaban J connectivity index is 2.39. The summed E-state index contributed by atoms with van der Waals surface area (Å²) < 4.78 is 41.1. The summed E-state index contributed by atoms with van der Waals surface area (Å²) in [6.07, 6.45) is 0.694. The molecule has 0 aliphatic heterocycles. The van der Waals surface area contributed by atoms with E-state index in [1.54, 1.807) is 18.2 Å². The molecule has 0 heterocycles. The van der Waals surface area contributed by atoms with E-state index < -0.39 is 33.8 Å². The van der Waals surface area contributed by atoms with Crippen molar-refractivity contribution in [3.8, 4) is 0 Å². The van der Waals surface area contributed by atoms with Crippen LogP contribution < -0.4 is 9.62 Å². The van der Waals surface area contributed by atoms with Gasteiger partial charge in [-0.3, -0.25) is 9.10 Å². The van der Waals surface area contributed by atoms with E-state index in [0.29, 0.717) is 6.42 Å². The number of amides is 1. The molecule has 0 aliphatic rings. The lowest BCUT2D eigenvalue weighted by atomic mass is 9.82. The zero-order valence-corrected chi connectivity index (χ0v) is 19.4. The Morgan fingerprint density at radius 2 is 1.67 bits per heavy atom. The Labute approximate surface area is 183 Å². The highest BCUT2D eigenvalue weighted by Crippen LogP contribution is 2.29. The van der Waals surface area contributed by atoms with E-state index in [9.17, 15) is 17.6 Å². The second-order valence-electron chi connectivity index (χ2n) is 9.09. The molecule has 1 amide bonds. The summed E-state index contributed by atoms with van der Waals surface area (Å²) in [4.78, 5) is 12.9. The molecule has 2 aromatic rings. The highest BCUT2D eigenvalue weighted by Gasteiger charge is 2.31. The fourth-order valence-corrected chi connectivity index (χ4v) is 5.20. The first-order valence-corrected chi connectivity index (χ1v) is 11.4. The third kappa shape index (κ3) is 6.44. The lowest BCUT2D eigenvalue weighted by molar-refractivity contribution is -0.121. The summed E-state index contributed by atoms with van der Waals surface area (Å²) in [7, 11) is -4.08. The molecular formula is C22H28ClFN2O3S. The van der Waals surface area contributed by atoms with Gasteiger partial charge in [0, 0.05) is 5.54 Å². The second kappa shape index (κ2) is 8.94. The average molecular weight is 455 g/mol. The van der Waals surface area contributed by atoms with Gasteiger partial charge in [0.05, 0.1) is 15.6 Å². The Bertz CT molecular complexity index is 1000. The van der Waals surface area contributed by atoms with Gasteiger partial charge in [0.25, 0.3) is 10.0 Å². The van der Waals surface area contributed by atoms with Crippen LogP contribution in [-0.2, 0) is 14.8 Å². The van der Waals surface area contributed by atoms with Crippen LogP contribution in [0, 0.1) is 11.2 Å². The number of sulfonamides is 1. The van der Waals surface area contributed by atoms with E-state index in [4.69, 9.17) is 11.6 Å². The highest BCUT2D eigenvalue weighted by atomic mass is 35.5. The number of nitrogens with zero attached hydrogens (tertiary/aromatic N) is 1. The number of halogens is 2. The minimum atomic E-state index is -4.08. The maximum absolute atomic E-state index is 13.6. The van der Waals surface area contributed by atoms with Crippen molar-refractivity contribution in [3.63, 3.8) is 0 Å². The Morgan fingerprint density at radius 1 is 1.07 bits per heavy atom. The van der Waals surface area contributed by atoms with E-state index in [-0.39, 0.29) is 21.0 Å². The fourth-order valence-electron chi connectivity index (χ4n) is 3.59. The Kier molecular flexibility index (Phi) is 7.20. The van der Waals surface area contributed by atoms with Crippen molar-refractivity contribution in [2.45, 2.75) is 51.5 Å². The van der Waals surface area contributed by atoms with Crippen LogP contribution >= 0.6 is 11.6 Å². The molecule has 2 rings (SSSR count). The van der Waals surface area contributed by atoms with Crippen molar-refractivity contribution in [2.24, 2.45) is 5.41 Å². The maximum atomic E-state index is 13.6. The van der Waals surface area contributed by atoms with Crippen LogP contribution in [0.25, 0.3) is 0 Å². The van der Waals surface area contributed by atoms with Crippen molar-refractivity contribution in [2.75, 3.05) is 10.8 Å². The molecule has 0 aliphatic carbocycles. The third-order valence-corrected chi connectivity index (χ3v) is 6.34. The molecule has 2 aromatic carbocycles. The van der Waals surface area contributed by atoms with E-state index >= 15 is 0 Å². The SMILES string of the molecule is CC(C)(C)CC(C)(C)NC(=O)CN(c1ccc(F)c(Cl)c1)S(=O)(=O)c1ccccc1. The number of nitrogens with one attached hydrogen (secondary N) is 1. The topological polar surface area (TPSA) is 66.5 Å². The largest absolute Gasteiger partial charge is 0.350 e. The van der Waals surface area contributed by atoms with E-state index in [1.165, 1.54) is 24.3 Å². The van der Waals surface area contributed by atoms with E-state index in [1.807, 2.05) is 13.8 Å². The van der Waals surface area contributed by atoms with Gasteiger partial charge in [0.15, 0.2) is 0 Å². The molecule has 164 valence electrons. The number of rotatable bonds is 7. The first-order valence-electron chi connectivity index (χ1n) is 9.55. The van der Waals surface area contributed by atoms with Gasteiger partial charge in [0.2, 0.25) is 5.91 Å².